The van der Waals surface area contributed by atoms with E-state index < -0.39 is 0 Å². The Bertz CT molecular complexity index is 831. The molecule has 2 aromatic heterocycles. The number of ether oxygens (including phenoxy) is 2. The first-order valence-electron chi connectivity index (χ1n) is 7.06. The van der Waals surface area contributed by atoms with E-state index in [0.717, 1.165) is 16.1 Å². The molecule has 0 aliphatic carbocycles. The zero-order valence-corrected chi connectivity index (χ0v) is 14.7. The predicted molar refractivity (Wildman–Crippen MR) is 95.1 cm³/mol. The molecule has 24 heavy (non-hydrogen) atoms. The van der Waals surface area contributed by atoms with Crippen molar-refractivity contribution in [3.05, 3.63) is 40.6 Å². The van der Waals surface area contributed by atoms with E-state index in [1.54, 1.807) is 37.7 Å². The van der Waals surface area contributed by atoms with Crippen LogP contribution in [-0.4, -0.2) is 30.3 Å². The fourth-order valence-electron chi connectivity index (χ4n) is 2.12. The van der Waals surface area contributed by atoms with Crippen LogP contribution < -0.4 is 14.8 Å². The maximum absolute atomic E-state index is 12.2. The van der Waals surface area contributed by atoms with E-state index in [2.05, 4.69) is 15.5 Å². The number of benzene rings is 1. The summed E-state index contributed by atoms with van der Waals surface area (Å²) in [5.41, 5.74) is 1.84. The number of thiophene rings is 1. The van der Waals surface area contributed by atoms with Crippen LogP contribution in [0.1, 0.15) is 5.56 Å². The number of carbonyl (C=O) groups excluding carboxylic acids is 1. The molecule has 1 amide bonds. The third-order valence-corrected chi connectivity index (χ3v) is 4.82. The van der Waals surface area contributed by atoms with Crippen LogP contribution in [0.2, 0.25) is 0 Å². The largest absolute Gasteiger partial charge is 0.493 e. The van der Waals surface area contributed by atoms with Crippen molar-refractivity contribution in [3.63, 3.8) is 0 Å². The minimum absolute atomic E-state index is 0.157. The monoisotopic (exact) mass is 361 g/mol. The zero-order valence-electron chi connectivity index (χ0n) is 13.1. The summed E-state index contributed by atoms with van der Waals surface area (Å²) in [6, 6.07) is 7.37. The second kappa shape index (κ2) is 7.41. The maximum atomic E-state index is 12.2. The molecule has 124 valence electrons. The van der Waals surface area contributed by atoms with Gasteiger partial charge in [-0.1, -0.05) is 17.4 Å². The lowest BCUT2D eigenvalue weighted by Gasteiger charge is -2.09. The first kappa shape index (κ1) is 16.4. The van der Waals surface area contributed by atoms with E-state index in [4.69, 9.17) is 9.47 Å². The molecule has 3 aromatic rings. The molecule has 0 aliphatic rings. The fourth-order valence-corrected chi connectivity index (χ4v) is 3.59. The van der Waals surface area contributed by atoms with Gasteiger partial charge in [0.05, 0.1) is 20.6 Å². The standard InChI is InChI=1S/C16H15N3O3S2/c1-21-12-4-3-10(7-13(12)22-2)8-14(20)17-16-19-18-15(24-16)11-5-6-23-9-11/h3-7,9H,8H2,1-2H3,(H,17,19,20). The Kier molecular flexibility index (Phi) is 5.07. The summed E-state index contributed by atoms with van der Waals surface area (Å²) < 4.78 is 10.4. The summed E-state index contributed by atoms with van der Waals surface area (Å²) >= 11 is 2.95. The second-order valence-corrected chi connectivity index (χ2v) is 6.60. The topological polar surface area (TPSA) is 73.3 Å². The van der Waals surface area contributed by atoms with E-state index in [9.17, 15) is 4.79 Å². The van der Waals surface area contributed by atoms with Gasteiger partial charge in [0.2, 0.25) is 11.0 Å². The molecule has 0 saturated heterocycles. The summed E-state index contributed by atoms with van der Waals surface area (Å²) in [7, 11) is 3.14. The van der Waals surface area contributed by atoms with Gasteiger partial charge in [0, 0.05) is 10.9 Å². The number of amides is 1. The number of hydrogen-bond acceptors (Lipinski definition) is 7. The highest BCUT2D eigenvalue weighted by atomic mass is 32.1. The Morgan fingerprint density at radius 2 is 2.00 bits per heavy atom. The lowest BCUT2D eigenvalue weighted by molar-refractivity contribution is -0.115. The number of methoxy groups -OCH3 is 2. The van der Waals surface area contributed by atoms with Crippen LogP contribution in [0.5, 0.6) is 11.5 Å². The molecule has 0 saturated carbocycles. The highest BCUT2D eigenvalue weighted by Gasteiger charge is 2.12. The van der Waals surface area contributed by atoms with Crippen molar-refractivity contribution in [2.75, 3.05) is 19.5 Å². The third-order valence-electron chi connectivity index (χ3n) is 3.25. The van der Waals surface area contributed by atoms with Crippen LogP contribution in [0.25, 0.3) is 10.6 Å². The molecule has 1 aromatic carbocycles. The molecule has 8 heteroatoms. The summed E-state index contributed by atoms with van der Waals surface area (Å²) in [6.45, 7) is 0. The summed E-state index contributed by atoms with van der Waals surface area (Å²) in [4.78, 5) is 12.2. The Morgan fingerprint density at radius 3 is 2.71 bits per heavy atom. The molecule has 3 rings (SSSR count). The summed E-state index contributed by atoms with van der Waals surface area (Å²) in [5.74, 6) is 1.07. The number of aromatic nitrogens is 2. The Hall–Kier alpha value is -2.45. The highest BCUT2D eigenvalue weighted by molar-refractivity contribution is 7.19. The van der Waals surface area contributed by atoms with E-state index >= 15 is 0 Å². The van der Waals surface area contributed by atoms with Gasteiger partial charge >= 0.3 is 0 Å². The molecule has 6 nitrogen and oxygen atoms in total. The van der Waals surface area contributed by atoms with Crippen molar-refractivity contribution < 1.29 is 14.3 Å². The van der Waals surface area contributed by atoms with Gasteiger partial charge in [0.1, 0.15) is 5.01 Å². The Labute approximate surface area is 147 Å². The van der Waals surface area contributed by atoms with Crippen LogP contribution >= 0.6 is 22.7 Å². The molecule has 0 radical (unpaired) electrons. The van der Waals surface area contributed by atoms with Crippen LogP contribution in [0.4, 0.5) is 5.13 Å². The number of nitrogens with one attached hydrogen (secondary N) is 1. The quantitative estimate of drug-likeness (QED) is 0.728. The van der Waals surface area contributed by atoms with Gasteiger partial charge in [-0.3, -0.25) is 4.79 Å². The molecule has 0 aliphatic heterocycles. The van der Waals surface area contributed by atoms with E-state index in [0.29, 0.717) is 16.6 Å². The Morgan fingerprint density at radius 1 is 1.17 bits per heavy atom. The molecule has 0 fully saturated rings. The number of carbonyl (C=O) groups is 1. The maximum Gasteiger partial charge on any atom is 0.230 e. The molecular formula is C16H15N3O3S2. The minimum Gasteiger partial charge on any atom is -0.493 e. The van der Waals surface area contributed by atoms with Crippen molar-refractivity contribution in [2.45, 2.75) is 6.42 Å². The van der Waals surface area contributed by atoms with Gasteiger partial charge in [-0.2, -0.15) is 11.3 Å². The van der Waals surface area contributed by atoms with E-state index in [-0.39, 0.29) is 12.3 Å². The van der Waals surface area contributed by atoms with E-state index in [1.165, 1.54) is 11.3 Å². The molecule has 0 atom stereocenters. The number of hydrogen-bond donors (Lipinski definition) is 1. The van der Waals surface area contributed by atoms with Gasteiger partial charge in [-0.05, 0) is 29.1 Å². The third kappa shape index (κ3) is 3.72. The van der Waals surface area contributed by atoms with Crippen molar-refractivity contribution in [2.24, 2.45) is 0 Å². The summed E-state index contributed by atoms with van der Waals surface area (Å²) in [6.07, 6.45) is 0.216. The van der Waals surface area contributed by atoms with Crippen LogP contribution in [0, 0.1) is 0 Å². The van der Waals surface area contributed by atoms with Crippen LogP contribution in [0.3, 0.4) is 0 Å². The smallest absolute Gasteiger partial charge is 0.230 e. The van der Waals surface area contributed by atoms with Crippen molar-refractivity contribution in [1.82, 2.24) is 10.2 Å². The van der Waals surface area contributed by atoms with Crippen molar-refractivity contribution >= 4 is 33.7 Å². The predicted octanol–water partition coefficient (Wildman–Crippen LogP) is 3.47. The average Bonchev–Trinajstić information content (AvgIpc) is 3.25. The van der Waals surface area contributed by atoms with Gasteiger partial charge in [0.25, 0.3) is 0 Å². The molecule has 2 heterocycles. The van der Waals surface area contributed by atoms with Gasteiger partial charge in [-0.15, -0.1) is 10.2 Å². The van der Waals surface area contributed by atoms with Gasteiger partial charge in [0.15, 0.2) is 11.5 Å². The lowest BCUT2D eigenvalue weighted by atomic mass is 10.1. The van der Waals surface area contributed by atoms with E-state index in [1.807, 2.05) is 22.9 Å². The highest BCUT2D eigenvalue weighted by Crippen LogP contribution is 2.29. The lowest BCUT2D eigenvalue weighted by Crippen LogP contribution is -2.14. The number of anilines is 1. The first-order chi connectivity index (χ1) is 11.7. The van der Waals surface area contributed by atoms with Gasteiger partial charge < -0.3 is 14.8 Å². The van der Waals surface area contributed by atoms with Crippen LogP contribution in [0.15, 0.2) is 35.0 Å². The first-order valence-corrected chi connectivity index (χ1v) is 8.82. The second-order valence-electron chi connectivity index (χ2n) is 4.84. The summed E-state index contributed by atoms with van der Waals surface area (Å²) in [5, 5.41) is 16.1. The van der Waals surface area contributed by atoms with Gasteiger partial charge in [-0.25, -0.2) is 0 Å². The van der Waals surface area contributed by atoms with Crippen molar-refractivity contribution in [1.29, 1.82) is 0 Å². The minimum atomic E-state index is -0.157. The Balaban J connectivity index is 1.65. The molecule has 1 N–H and O–H groups in total. The molecular weight excluding hydrogens is 346 g/mol. The molecule has 0 unspecified atom stereocenters. The van der Waals surface area contributed by atoms with Crippen molar-refractivity contribution in [3.8, 4) is 22.1 Å². The molecule has 0 bridgehead atoms. The molecule has 0 spiro atoms. The van der Waals surface area contributed by atoms with Crippen LogP contribution in [-0.2, 0) is 11.2 Å². The average molecular weight is 361 g/mol. The zero-order chi connectivity index (χ0) is 16.9. The number of rotatable bonds is 6. The fraction of sp³-hybridized carbons (Fsp3) is 0.188. The SMILES string of the molecule is COc1ccc(CC(=O)Nc2nnc(-c3ccsc3)s2)cc1OC. The normalized spacial score (nSPS) is 10.4. The number of nitrogens with zero attached hydrogens (tertiary/aromatic N) is 2.